The van der Waals surface area contributed by atoms with Crippen LogP contribution in [-0.2, 0) is 24.3 Å². The molecule has 1 aromatic carbocycles. The van der Waals surface area contributed by atoms with Crippen LogP contribution in [0.1, 0.15) is 6.92 Å². The minimum absolute atomic E-state index is 0.0589. The average Bonchev–Trinajstić information content (AvgIpc) is 2.54. The maximum Gasteiger partial charge on any atom is 0.303 e. The van der Waals surface area contributed by atoms with Gasteiger partial charge in [-0.2, -0.15) is 4.31 Å². The second-order valence-corrected chi connectivity index (χ2v) is 7.89. The van der Waals surface area contributed by atoms with Crippen LogP contribution in [0.25, 0.3) is 0 Å². The van der Waals surface area contributed by atoms with Crippen molar-refractivity contribution < 1.29 is 22.7 Å². The largest absolute Gasteiger partial charge is 0.456 e. The molecule has 1 aliphatic heterocycles. The number of carbonyl (C=O) groups is 2. The quantitative estimate of drug-likeness (QED) is 0.720. The van der Waals surface area contributed by atoms with Gasteiger partial charge in [-0.05, 0) is 18.2 Å². The zero-order valence-corrected chi connectivity index (χ0v) is 15.2. The number of hydrogen-bond acceptors (Lipinski definition) is 5. The van der Waals surface area contributed by atoms with Crippen LogP contribution in [0.5, 0.6) is 0 Å². The summed E-state index contributed by atoms with van der Waals surface area (Å²) >= 11 is 11.8. The lowest BCUT2D eigenvalue weighted by Crippen LogP contribution is -2.51. The molecule has 1 amide bonds. The number of carbonyl (C=O) groups excluding carboxylic acids is 2. The van der Waals surface area contributed by atoms with E-state index < -0.39 is 16.0 Å². The Balaban J connectivity index is 2.04. The van der Waals surface area contributed by atoms with Crippen molar-refractivity contribution >= 4 is 45.1 Å². The number of benzene rings is 1. The standard InChI is InChI=1S/C14H16Cl2N2O5S/c1-10(19)23-9-14(20)17-4-6-18(7-5-17)24(21,22)13-8-11(15)2-3-12(13)16/h2-3,8H,4-7,9H2,1H3. The SMILES string of the molecule is CC(=O)OCC(=O)N1CCN(S(=O)(=O)c2cc(Cl)ccc2Cl)CC1. The first-order valence-corrected chi connectivity index (χ1v) is 9.28. The Kier molecular flexibility index (Phi) is 6.08. The van der Waals surface area contributed by atoms with Crippen molar-refractivity contribution in [1.82, 2.24) is 9.21 Å². The maximum absolute atomic E-state index is 12.7. The molecule has 0 aliphatic carbocycles. The minimum Gasteiger partial charge on any atom is -0.456 e. The van der Waals surface area contributed by atoms with Crippen LogP contribution < -0.4 is 0 Å². The van der Waals surface area contributed by atoms with Crippen molar-refractivity contribution in [3.8, 4) is 0 Å². The number of nitrogens with zero attached hydrogens (tertiary/aromatic N) is 2. The Hall–Kier alpha value is -1.35. The molecule has 24 heavy (non-hydrogen) atoms. The molecule has 1 aliphatic rings. The molecule has 0 radical (unpaired) electrons. The van der Waals surface area contributed by atoms with Gasteiger partial charge in [0.15, 0.2) is 6.61 Å². The molecule has 10 heteroatoms. The number of rotatable bonds is 4. The number of piperazine rings is 1. The summed E-state index contributed by atoms with van der Waals surface area (Å²) in [5.41, 5.74) is 0. The summed E-state index contributed by atoms with van der Waals surface area (Å²) in [5.74, 6) is -0.900. The van der Waals surface area contributed by atoms with E-state index in [1.165, 1.54) is 34.3 Å². The molecule has 1 fully saturated rings. The van der Waals surface area contributed by atoms with Gasteiger partial charge >= 0.3 is 5.97 Å². The van der Waals surface area contributed by atoms with Crippen LogP contribution in [-0.4, -0.2) is 62.3 Å². The van der Waals surface area contributed by atoms with Crippen molar-refractivity contribution in [2.45, 2.75) is 11.8 Å². The molecule has 1 saturated heterocycles. The summed E-state index contributed by atoms with van der Waals surface area (Å²) in [5, 5.41) is 0.362. The normalized spacial score (nSPS) is 16.0. The third kappa shape index (κ3) is 4.38. The van der Waals surface area contributed by atoms with Crippen molar-refractivity contribution in [1.29, 1.82) is 0 Å². The molecule has 0 aromatic heterocycles. The third-order valence-electron chi connectivity index (χ3n) is 3.50. The highest BCUT2D eigenvalue weighted by Gasteiger charge is 2.31. The summed E-state index contributed by atoms with van der Waals surface area (Å²) in [6.07, 6.45) is 0. The van der Waals surface area contributed by atoms with E-state index in [4.69, 9.17) is 23.2 Å². The number of ether oxygens (including phenoxy) is 1. The van der Waals surface area contributed by atoms with Crippen molar-refractivity contribution in [3.63, 3.8) is 0 Å². The van der Waals surface area contributed by atoms with Gasteiger partial charge in [-0.15, -0.1) is 0 Å². The first-order chi connectivity index (χ1) is 11.2. The summed E-state index contributed by atoms with van der Waals surface area (Å²) in [7, 11) is -3.80. The van der Waals surface area contributed by atoms with E-state index in [1.54, 1.807) is 0 Å². The Morgan fingerprint density at radius 1 is 1.17 bits per heavy atom. The fourth-order valence-electron chi connectivity index (χ4n) is 2.25. The Labute approximate surface area is 150 Å². The van der Waals surface area contributed by atoms with Gasteiger partial charge in [-0.25, -0.2) is 8.42 Å². The zero-order valence-electron chi connectivity index (χ0n) is 12.9. The fourth-order valence-corrected chi connectivity index (χ4v) is 4.41. The molecule has 0 bridgehead atoms. The zero-order chi connectivity index (χ0) is 17.9. The van der Waals surface area contributed by atoms with Crippen LogP contribution in [0, 0.1) is 0 Å². The van der Waals surface area contributed by atoms with Gasteiger partial charge in [0, 0.05) is 38.1 Å². The topological polar surface area (TPSA) is 84.0 Å². The summed E-state index contributed by atoms with van der Waals surface area (Å²) in [6.45, 7) is 1.53. The van der Waals surface area contributed by atoms with Gasteiger partial charge in [0.25, 0.3) is 5.91 Å². The van der Waals surface area contributed by atoms with Crippen molar-refractivity contribution in [2.75, 3.05) is 32.8 Å². The van der Waals surface area contributed by atoms with E-state index in [0.717, 1.165) is 0 Å². The van der Waals surface area contributed by atoms with Crippen molar-refractivity contribution in [2.24, 2.45) is 0 Å². The molecule has 0 atom stereocenters. The Bertz CT molecular complexity index is 746. The molecule has 0 spiro atoms. The lowest BCUT2D eigenvalue weighted by Gasteiger charge is -2.34. The van der Waals surface area contributed by atoms with E-state index in [-0.39, 0.29) is 53.6 Å². The van der Waals surface area contributed by atoms with Crippen LogP contribution >= 0.6 is 23.2 Å². The highest BCUT2D eigenvalue weighted by atomic mass is 35.5. The fraction of sp³-hybridized carbons (Fsp3) is 0.429. The molecule has 1 heterocycles. The van der Waals surface area contributed by atoms with Gasteiger partial charge in [0.05, 0.1) is 5.02 Å². The van der Waals surface area contributed by atoms with Crippen LogP contribution in [0.2, 0.25) is 10.0 Å². The molecule has 2 rings (SSSR count). The number of hydrogen-bond donors (Lipinski definition) is 0. The molecular formula is C14H16Cl2N2O5S. The molecule has 0 N–H and O–H groups in total. The first-order valence-electron chi connectivity index (χ1n) is 7.08. The second-order valence-electron chi connectivity index (χ2n) is 5.14. The smallest absolute Gasteiger partial charge is 0.303 e. The van der Waals surface area contributed by atoms with E-state index in [0.29, 0.717) is 0 Å². The molecule has 1 aromatic rings. The van der Waals surface area contributed by atoms with Crippen LogP contribution in [0.4, 0.5) is 0 Å². The molecular weight excluding hydrogens is 379 g/mol. The number of halogens is 2. The minimum atomic E-state index is -3.80. The number of esters is 1. The van der Waals surface area contributed by atoms with Gasteiger partial charge in [0.2, 0.25) is 10.0 Å². The van der Waals surface area contributed by atoms with E-state index in [1.807, 2.05) is 0 Å². The van der Waals surface area contributed by atoms with E-state index in [2.05, 4.69) is 4.74 Å². The van der Waals surface area contributed by atoms with Crippen LogP contribution in [0.15, 0.2) is 23.1 Å². The second kappa shape index (κ2) is 7.69. The average molecular weight is 395 g/mol. The van der Waals surface area contributed by atoms with Gasteiger partial charge in [-0.1, -0.05) is 23.2 Å². The Morgan fingerprint density at radius 2 is 1.79 bits per heavy atom. The lowest BCUT2D eigenvalue weighted by molar-refractivity contribution is -0.150. The van der Waals surface area contributed by atoms with Crippen molar-refractivity contribution in [3.05, 3.63) is 28.2 Å². The predicted octanol–water partition coefficient (Wildman–Crippen LogP) is 1.39. The molecule has 7 nitrogen and oxygen atoms in total. The molecule has 132 valence electrons. The molecule has 0 saturated carbocycles. The van der Waals surface area contributed by atoms with Crippen LogP contribution in [0.3, 0.4) is 0 Å². The monoisotopic (exact) mass is 394 g/mol. The summed E-state index contributed by atoms with van der Waals surface area (Å²) < 4.78 is 31.2. The number of amides is 1. The first kappa shape index (κ1) is 19.0. The molecule has 0 unspecified atom stereocenters. The highest BCUT2D eigenvalue weighted by Crippen LogP contribution is 2.28. The van der Waals surface area contributed by atoms with E-state index >= 15 is 0 Å². The van der Waals surface area contributed by atoms with Gasteiger partial charge in [-0.3, -0.25) is 9.59 Å². The van der Waals surface area contributed by atoms with Gasteiger partial charge in [0.1, 0.15) is 4.90 Å². The summed E-state index contributed by atoms with van der Waals surface area (Å²) in [6, 6.07) is 4.24. The predicted molar refractivity (Wildman–Crippen MR) is 88.4 cm³/mol. The highest BCUT2D eigenvalue weighted by molar-refractivity contribution is 7.89. The summed E-state index contributed by atoms with van der Waals surface area (Å²) in [4.78, 5) is 24.0. The third-order valence-corrected chi connectivity index (χ3v) is 6.12. The van der Waals surface area contributed by atoms with E-state index in [9.17, 15) is 18.0 Å². The maximum atomic E-state index is 12.7. The Morgan fingerprint density at radius 3 is 2.38 bits per heavy atom. The number of sulfonamides is 1. The van der Waals surface area contributed by atoms with Gasteiger partial charge < -0.3 is 9.64 Å². The lowest BCUT2D eigenvalue weighted by atomic mass is 10.3.